The quantitative estimate of drug-likeness (QED) is 0.651. The summed E-state index contributed by atoms with van der Waals surface area (Å²) < 4.78 is 5.68. The van der Waals surface area contributed by atoms with Crippen molar-refractivity contribution >= 4 is 11.7 Å². The second-order valence-electron chi connectivity index (χ2n) is 7.26. The van der Waals surface area contributed by atoms with E-state index in [1.54, 1.807) is 18.2 Å². The summed E-state index contributed by atoms with van der Waals surface area (Å²) >= 11 is 0. The van der Waals surface area contributed by atoms with Gasteiger partial charge in [-0.05, 0) is 61.6 Å². The van der Waals surface area contributed by atoms with Crippen molar-refractivity contribution in [2.75, 3.05) is 5.73 Å². The largest absolute Gasteiger partial charge is 0.459 e. The lowest BCUT2D eigenvalue weighted by Crippen LogP contribution is -2.30. The molecule has 0 bridgehead atoms. The number of nitrogens with two attached hydrogens (primary N) is 1. The Morgan fingerprint density at radius 3 is 2.38 bits per heavy atom. The first-order valence-corrected chi connectivity index (χ1v) is 7.85. The Labute approximate surface area is 127 Å². The Balaban J connectivity index is 1.95. The minimum atomic E-state index is -0.237. The first-order valence-electron chi connectivity index (χ1n) is 7.85. The highest BCUT2D eigenvalue weighted by Gasteiger charge is 2.31. The maximum atomic E-state index is 12.3. The molecule has 21 heavy (non-hydrogen) atoms. The molecular weight excluding hydrogens is 262 g/mol. The summed E-state index contributed by atoms with van der Waals surface area (Å²) in [6.45, 7) is 8.74. The van der Waals surface area contributed by atoms with E-state index >= 15 is 0 Å². The first-order chi connectivity index (χ1) is 9.79. The molecule has 0 aliphatic heterocycles. The van der Waals surface area contributed by atoms with Crippen LogP contribution in [0.3, 0.4) is 0 Å². The number of carbonyl (C=O) groups is 1. The van der Waals surface area contributed by atoms with E-state index in [4.69, 9.17) is 10.5 Å². The lowest BCUT2D eigenvalue weighted by Gasteiger charge is -2.36. The molecule has 0 unspecified atom stereocenters. The molecule has 1 fully saturated rings. The van der Waals surface area contributed by atoms with Gasteiger partial charge in [-0.2, -0.15) is 0 Å². The molecule has 0 radical (unpaired) electrons. The summed E-state index contributed by atoms with van der Waals surface area (Å²) in [5, 5.41) is 0. The molecule has 1 aliphatic rings. The fraction of sp³-hybridized carbons (Fsp3) is 0.611. The minimum absolute atomic E-state index is 0.0527. The number of esters is 1. The van der Waals surface area contributed by atoms with Crippen molar-refractivity contribution in [1.29, 1.82) is 0 Å². The number of anilines is 1. The van der Waals surface area contributed by atoms with Gasteiger partial charge in [0.1, 0.15) is 6.10 Å². The summed E-state index contributed by atoms with van der Waals surface area (Å²) in [4.78, 5) is 12.3. The third kappa shape index (κ3) is 3.78. The van der Waals surface area contributed by atoms with Crippen molar-refractivity contribution in [2.45, 2.75) is 59.5 Å². The number of rotatable bonds is 2. The van der Waals surface area contributed by atoms with Crippen LogP contribution in [0.5, 0.6) is 0 Å². The molecule has 0 spiro atoms. The normalized spacial score (nSPS) is 22.9. The predicted molar refractivity (Wildman–Crippen MR) is 86.2 cm³/mol. The highest BCUT2D eigenvalue weighted by atomic mass is 16.5. The fourth-order valence-corrected chi connectivity index (χ4v) is 3.14. The SMILES string of the molecule is Cc1c(N)cccc1C(=O)OC1CCC(C(C)(C)C)CC1. The molecule has 3 nitrogen and oxygen atoms in total. The standard InChI is InChI=1S/C18H27NO2/c1-12-15(6-5-7-16(12)19)17(20)21-14-10-8-13(9-11-14)18(2,3)4/h5-7,13-14H,8-11,19H2,1-4H3. The lowest BCUT2D eigenvalue weighted by molar-refractivity contribution is 0.00923. The van der Waals surface area contributed by atoms with Crippen LogP contribution >= 0.6 is 0 Å². The van der Waals surface area contributed by atoms with E-state index in [1.165, 1.54) is 0 Å². The second-order valence-corrected chi connectivity index (χ2v) is 7.26. The molecule has 1 aromatic carbocycles. The van der Waals surface area contributed by atoms with Crippen LogP contribution in [0.25, 0.3) is 0 Å². The lowest BCUT2D eigenvalue weighted by atomic mass is 9.72. The Morgan fingerprint density at radius 1 is 1.19 bits per heavy atom. The molecule has 3 heteroatoms. The molecular formula is C18H27NO2. The molecule has 1 saturated carbocycles. The van der Waals surface area contributed by atoms with Crippen LogP contribution in [-0.2, 0) is 4.74 Å². The van der Waals surface area contributed by atoms with Gasteiger partial charge in [-0.25, -0.2) is 4.79 Å². The van der Waals surface area contributed by atoms with Gasteiger partial charge < -0.3 is 10.5 Å². The number of ether oxygens (including phenoxy) is 1. The van der Waals surface area contributed by atoms with E-state index in [0.29, 0.717) is 16.7 Å². The van der Waals surface area contributed by atoms with Crippen LogP contribution in [0.15, 0.2) is 18.2 Å². The number of carbonyl (C=O) groups excluding carboxylic acids is 1. The van der Waals surface area contributed by atoms with E-state index in [1.807, 2.05) is 6.92 Å². The maximum Gasteiger partial charge on any atom is 0.338 e. The zero-order valence-electron chi connectivity index (χ0n) is 13.6. The highest BCUT2D eigenvalue weighted by molar-refractivity contribution is 5.92. The van der Waals surface area contributed by atoms with Crippen LogP contribution in [0.1, 0.15) is 62.4 Å². The fourth-order valence-electron chi connectivity index (χ4n) is 3.14. The monoisotopic (exact) mass is 289 g/mol. The van der Waals surface area contributed by atoms with Gasteiger partial charge in [0.25, 0.3) is 0 Å². The van der Waals surface area contributed by atoms with Gasteiger partial charge >= 0.3 is 5.97 Å². The molecule has 2 rings (SSSR count). The van der Waals surface area contributed by atoms with Crippen LogP contribution in [-0.4, -0.2) is 12.1 Å². The Bertz CT molecular complexity index is 508. The second kappa shape index (κ2) is 6.08. The molecule has 1 aromatic rings. The van der Waals surface area contributed by atoms with Crippen molar-refractivity contribution in [1.82, 2.24) is 0 Å². The van der Waals surface area contributed by atoms with Crippen molar-refractivity contribution < 1.29 is 9.53 Å². The van der Waals surface area contributed by atoms with Gasteiger partial charge in [0.05, 0.1) is 5.56 Å². The van der Waals surface area contributed by atoms with E-state index in [9.17, 15) is 4.79 Å². The molecule has 0 aromatic heterocycles. The average Bonchev–Trinajstić information content (AvgIpc) is 2.41. The van der Waals surface area contributed by atoms with Gasteiger partial charge in [0.15, 0.2) is 0 Å². The summed E-state index contributed by atoms with van der Waals surface area (Å²) in [6.07, 6.45) is 4.26. The third-order valence-corrected chi connectivity index (χ3v) is 4.77. The summed E-state index contributed by atoms with van der Waals surface area (Å²) in [5.41, 5.74) is 8.24. The van der Waals surface area contributed by atoms with Crippen LogP contribution in [0.4, 0.5) is 5.69 Å². The van der Waals surface area contributed by atoms with Crippen molar-refractivity contribution in [3.05, 3.63) is 29.3 Å². The average molecular weight is 289 g/mol. The zero-order valence-corrected chi connectivity index (χ0v) is 13.6. The molecule has 0 amide bonds. The van der Waals surface area contributed by atoms with Crippen molar-refractivity contribution in [2.24, 2.45) is 11.3 Å². The van der Waals surface area contributed by atoms with Gasteiger partial charge in [0.2, 0.25) is 0 Å². The third-order valence-electron chi connectivity index (χ3n) is 4.77. The Morgan fingerprint density at radius 2 is 1.81 bits per heavy atom. The van der Waals surface area contributed by atoms with Crippen LogP contribution in [0.2, 0.25) is 0 Å². The molecule has 0 heterocycles. The van der Waals surface area contributed by atoms with E-state index < -0.39 is 0 Å². The van der Waals surface area contributed by atoms with Gasteiger partial charge in [-0.3, -0.25) is 0 Å². The number of hydrogen-bond donors (Lipinski definition) is 1. The molecule has 1 aliphatic carbocycles. The molecule has 0 saturated heterocycles. The summed E-state index contributed by atoms with van der Waals surface area (Å²) in [6, 6.07) is 5.39. The number of benzene rings is 1. The van der Waals surface area contributed by atoms with Crippen molar-refractivity contribution in [3.63, 3.8) is 0 Å². The summed E-state index contributed by atoms with van der Waals surface area (Å²) in [5.74, 6) is 0.487. The first kappa shape index (κ1) is 15.9. The molecule has 2 N–H and O–H groups in total. The topological polar surface area (TPSA) is 52.3 Å². The smallest absolute Gasteiger partial charge is 0.338 e. The molecule has 0 atom stereocenters. The maximum absolute atomic E-state index is 12.3. The summed E-state index contributed by atoms with van der Waals surface area (Å²) in [7, 11) is 0. The number of hydrogen-bond acceptors (Lipinski definition) is 3. The molecule has 116 valence electrons. The van der Waals surface area contributed by atoms with E-state index in [-0.39, 0.29) is 12.1 Å². The van der Waals surface area contributed by atoms with Crippen LogP contribution < -0.4 is 5.73 Å². The predicted octanol–water partition coefficient (Wildman–Crippen LogP) is 4.34. The van der Waals surface area contributed by atoms with Crippen molar-refractivity contribution in [3.8, 4) is 0 Å². The van der Waals surface area contributed by atoms with Gasteiger partial charge in [0, 0.05) is 5.69 Å². The Hall–Kier alpha value is -1.51. The Kier molecular flexibility index (Phi) is 4.60. The number of nitrogen functional groups attached to an aromatic ring is 1. The van der Waals surface area contributed by atoms with Crippen LogP contribution in [0, 0.1) is 18.3 Å². The minimum Gasteiger partial charge on any atom is -0.459 e. The highest BCUT2D eigenvalue weighted by Crippen LogP contribution is 2.38. The van der Waals surface area contributed by atoms with Gasteiger partial charge in [-0.1, -0.05) is 26.8 Å². The van der Waals surface area contributed by atoms with Gasteiger partial charge in [-0.15, -0.1) is 0 Å². The zero-order chi connectivity index (χ0) is 15.6. The van der Waals surface area contributed by atoms with E-state index in [0.717, 1.165) is 37.2 Å². The van der Waals surface area contributed by atoms with E-state index in [2.05, 4.69) is 20.8 Å².